The molecule has 38 valence electrons. The molecule has 0 fully saturated rings. The lowest BCUT2D eigenvalue weighted by Gasteiger charge is -1.98. The van der Waals surface area contributed by atoms with E-state index in [0.717, 1.165) is 6.92 Å². The molecule has 6 heavy (non-hydrogen) atoms. The van der Waals surface area contributed by atoms with Crippen LogP contribution in [0.3, 0.4) is 0 Å². The van der Waals surface area contributed by atoms with Crippen LogP contribution in [-0.2, 0) is 0 Å². The molecule has 0 atom stereocenters. The molecule has 0 bridgehead atoms. The van der Waals surface area contributed by atoms with Gasteiger partial charge in [0, 0.05) is 17.9 Å². The summed E-state index contributed by atoms with van der Waals surface area (Å²) < 4.78 is 22.6. The Bertz CT molecular complexity index is 41.3. The van der Waals surface area contributed by atoms with Crippen LogP contribution in [0.5, 0.6) is 0 Å². The van der Waals surface area contributed by atoms with Gasteiger partial charge in [0.2, 0.25) is 0 Å². The maximum atomic E-state index is 11.3. The van der Waals surface area contributed by atoms with Crippen LogP contribution in [0.25, 0.3) is 0 Å². The van der Waals surface area contributed by atoms with Crippen LogP contribution >= 0.6 is 21.7 Å². The van der Waals surface area contributed by atoms with Crippen LogP contribution in [0.15, 0.2) is 0 Å². The smallest absolute Gasteiger partial charge is 0.193 e. The molecule has 0 aliphatic carbocycles. The molecule has 0 saturated heterocycles. The number of rotatable bonds is 1. The summed E-state index contributed by atoms with van der Waals surface area (Å²) in [5.41, 5.74) is 0. The van der Waals surface area contributed by atoms with Crippen molar-refractivity contribution in [3.8, 4) is 0 Å². The molecule has 0 spiro atoms. The van der Waals surface area contributed by atoms with Crippen molar-refractivity contribution >= 4 is 21.7 Å². The molecule has 0 nitrogen and oxygen atoms in total. The molecular formula is C2H3ClF2S. The summed E-state index contributed by atoms with van der Waals surface area (Å²) in [5, 5.41) is -2.78. The highest BCUT2D eigenvalue weighted by molar-refractivity contribution is 8.21. The predicted octanol–water partition coefficient (Wildman–Crippen LogP) is 2.49. The van der Waals surface area contributed by atoms with Gasteiger partial charge in [0.25, 0.3) is 0 Å². The third kappa shape index (κ3) is 4.50. The number of alkyl halides is 2. The first kappa shape index (κ1) is 6.50. The molecule has 0 aromatic rings. The van der Waals surface area contributed by atoms with E-state index in [0.29, 0.717) is 0 Å². The second-order valence-corrected chi connectivity index (χ2v) is 2.22. The summed E-state index contributed by atoms with van der Waals surface area (Å²) in [6.07, 6.45) is 0. The third-order valence-electron chi connectivity index (χ3n) is 0.135. The van der Waals surface area contributed by atoms with E-state index < -0.39 is 5.25 Å². The maximum Gasteiger partial charge on any atom is 0.305 e. The monoisotopic (exact) mass is 132 g/mol. The molecule has 0 aliphatic heterocycles. The normalized spacial score (nSPS) is 12.0. The Morgan fingerprint density at radius 1 is 1.67 bits per heavy atom. The van der Waals surface area contributed by atoms with Crippen LogP contribution in [0, 0.1) is 0 Å². The van der Waals surface area contributed by atoms with E-state index in [-0.39, 0.29) is 11.0 Å². The Hall–Kier alpha value is 0.500. The molecule has 0 amide bonds. The molecule has 0 radical (unpaired) electrons. The van der Waals surface area contributed by atoms with Crippen molar-refractivity contribution in [2.24, 2.45) is 0 Å². The molecule has 0 aliphatic rings. The van der Waals surface area contributed by atoms with Gasteiger partial charge in [0.15, 0.2) is 0 Å². The first-order chi connectivity index (χ1) is 2.56. The third-order valence-corrected chi connectivity index (χ3v) is 1.22. The minimum absolute atomic E-state index is 0.0208. The van der Waals surface area contributed by atoms with Crippen molar-refractivity contribution in [1.82, 2.24) is 0 Å². The average Bonchev–Trinajstić information content (AvgIpc) is 1.35. The van der Waals surface area contributed by atoms with Crippen molar-refractivity contribution in [3.63, 3.8) is 0 Å². The second-order valence-electron chi connectivity index (χ2n) is 0.885. The quantitative estimate of drug-likeness (QED) is 0.528. The molecule has 0 saturated carbocycles. The van der Waals surface area contributed by atoms with Crippen LogP contribution in [0.4, 0.5) is 8.78 Å². The standard InChI is InChI=1S/C2H3ClF2S/c1-2(4,5)6-3/h1H3. The van der Waals surface area contributed by atoms with E-state index in [2.05, 4.69) is 10.7 Å². The lowest BCUT2D eigenvalue weighted by molar-refractivity contribution is 0.131. The summed E-state index contributed by atoms with van der Waals surface area (Å²) >= 11 is 0. The van der Waals surface area contributed by atoms with Crippen LogP contribution in [0.2, 0.25) is 0 Å². The Kier molecular flexibility index (Phi) is 2.15. The van der Waals surface area contributed by atoms with Crippen molar-refractivity contribution in [2.45, 2.75) is 12.2 Å². The van der Waals surface area contributed by atoms with E-state index in [9.17, 15) is 8.78 Å². The lowest BCUT2D eigenvalue weighted by atomic mass is 10.9. The Morgan fingerprint density at radius 2 is 1.83 bits per heavy atom. The minimum Gasteiger partial charge on any atom is -0.193 e. The summed E-state index contributed by atoms with van der Waals surface area (Å²) in [4.78, 5) is 0. The molecule has 0 N–H and O–H groups in total. The summed E-state index contributed by atoms with van der Waals surface area (Å²) in [6.45, 7) is 0.741. The SMILES string of the molecule is CC(F)(F)SCl. The van der Waals surface area contributed by atoms with E-state index in [1.807, 2.05) is 0 Å². The molecule has 0 aromatic heterocycles. The van der Waals surface area contributed by atoms with Gasteiger partial charge in [-0.3, -0.25) is 0 Å². The zero-order valence-corrected chi connectivity index (χ0v) is 4.61. The first-order valence-corrected chi connectivity index (χ1v) is 2.88. The Labute approximate surface area is 43.4 Å². The number of hydrogen-bond acceptors (Lipinski definition) is 1. The fourth-order valence-corrected chi connectivity index (χ4v) is 0. The van der Waals surface area contributed by atoms with Gasteiger partial charge in [0.1, 0.15) is 0 Å². The van der Waals surface area contributed by atoms with E-state index in [1.165, 1.54) is 0 Å². The Morgan fingerprint density at radius 3 is 1.83 bits per heavy atom. The highest BCUT2D eigenvalue weighted by atomic mass is 35.7. The Balaban J connectivity index is 3.17. The molecule has 0 rings (SSSR count). The van der Waals surface area contributed by atoms with E-state index in [1.54, 1.807) is 0 Å². The van der Waals surface area contributed by atoms with Crippen molar-refractivity contribution in [3.05, 3.63) is 0 Å². The highest BCUT2D eigenvalue weighted by Gasteiger charge is 2.19. The number of halogens is 3. The van der Waals surface area contributed by atoms with Crippen molar-refractivity contribution in [1.29, 1.82) is 0 Å². The number of hydrogen-bond donors (Lipinski definition) is 0. The van der Waals surface area contributed by atoms with E-state index >= 15 is 0 Å². The maximum absolute atomic E-state index is 11.3. The van der Waals surface area contributed by atoms with Gasteiger partial charge in [-0.1, -0.05) is 0 Å². The van der Waals surface area contributed by atoms with Gasteiger partial charge < -0.3 is 0 Å². The minimum atomic E-state index is -2.78. The predicted molar refractivity (Wildman–Crippen MR) is 24.1 cm³/mol. The fraction of sp³-hybridized carbons (Fsp3) is 1.00. The second kappa shape index (κ2) is 1.98. The molecular weight excluding hydrogens is 130 g/mol. The van der Waals surface area contributed by atoms with Gasteiger partial charge in [0.05, 0.1) is 0 Å². The summed E-state index contributed by atoms with van der Waals surface area (Å²) in [7, 11) is 4.67. The van der Waals surface area contributed by atoms with Gasteiger partial charge in [-0.2, -0.15) is 8.78 Å². The topological polar surface area (TPSA) is 0 Å². The van der Waals surface area contributed by atoms with Crippen LogP contribution in [0.1, 0.15) is 6.92 Å². The lowest BCUT2D eigenvalue weighted by Crippen LogP contribution is -1.96. The molecule has 0 unspecified atom stereocenters. The van der Waals surface area contributed by atoms with Crippen molar-refractivity contribution < 1.29 is 8.78 Å². The highest BCUT2D eigenvalue weighted by Crippen LogP contribution is 2.30. The zero-order chi connectivity index (χ0) is 5.21. The largest absolute Gasteiger partial charge is 0.305 e. The summed E-state index contributed by atoms with van der Waals surface area (Å²) in [5.74, 6) is 0. The first-order valence-electron chi connectivity index (χ1n) is 1.24. The average molecular weight is 133 g/mol. The van der Waals surface area contributed by atoms with Gasteiger partial charge in [-0.05, 0) is 10.7 Å². The molecule has 4 heteroatoms. The molecule has 0 heterocycles. The van der Waals surface area contributed by atoms with Gasteiger partial charge >= 0.3 is 5.25 Å². The van der Waals surface area contributed by atoms with Crippen LogP contribution in [-0.4, -0.2) is 5.25 Å². The van der Waals surface area contributed by atoms with Crippen molar-refractivity contribution in [2.75, 3.05) is 0 Å². The molecule has 0 aromatic carbocycles. The van der Waals surface area contributed by atoms with Gasteiger partial charge in [-0.15, -0.1) is 0 Å². The van der Waals surface area contributed by atoms with Gasteiger partial charge in [-0.25, -0.2) is 0 Å². The fourth-order valence-electron chi connectivity index (χ4n) is 0. The van der Waals surface area contributed by atoms with E-state index in [4.69, 9.17) is 0 Å². The van der Waals surface area contributed by atoms with Crippen LogP contribution < -0.4 is 0 Å². The zero-order valence-electron chi connectivity index (χ0n) is 3.04. The summed E-state index contributed by atoms with van der Waals surface area (Å²) in [6, 6.07) is 0.